The number of benzene rings is 1. The predicted molar refractivity (Wildman–Crippen MR) is 98.6 cm³/mol. The predicted octanol–water partition coefficient (Wildman–Crippen LogP) is 1.83. The lowest BCUT2D eigenvalue weighted by Crippen LogP contribution is -2.38. The lowest BCUT2D eigenvalue weighted by atomic mass is 9.74. The van der Waals surface area contributed by atoms with E-state index in [-0.39, 0.29) is 36.1 Å². The third kappa shape index (κ3) is 2.69. The highest BCUT2D eigenvalue weighted by atomic mass is 16.5. The second-order valence-corrected chi connectivity index (χ2v) is 7.68. The number of carbonyl (C=O) groups excluding carboxylic acids is 1. The molecule has 1 aromatic heterocycles. The molecule has 2 bridgehead atoms. The highest BCUT2D eigenvalue weighted by Gasteiger charge is 2.63. The van der Waals surface area contributed by atoms with Crippen molar-refractivity contribution in [3.05, 3.63) is 48.3 Å². The molecule has 7 heteroatoms. The third-order valence-electron chi connectivity index (χ3n) is 6.21. The van der Waals surface area contributed by atoms with Crippen molar-refractivity contribution in [2.75, 3.05) is 25.0 Å². The number of nitrogens with one attached hydrogen (secondary N) is 1. The highest BCUT2D eigenvalue weighted by molar-refractivity contribution is 5.94. The molecule has 1 amide bonds. The molecule has 0 radical (unpaired) electrons. The number of carbonyl (C=O) groups is 1. The molecule has 3 saturated heterocycles. The summed E-state index contributed by atoms with van der Waals surface area (Å²) in [6, 6.07) is 9.66. The van der Waals surface area contributed by atoms with Crippen molar-refractivity contribution >= 4 is 17.5 Å². The van der Waals surface area contributed by atoms with Crippen LogP contribution in [0.25, 0.3) is 0 Å². The summed E-state index contributed by atoms with van der Waals surface area (Å²) in [4.78, 5) is 23.3. The molecule has 5 rings (SSSR count). The Balaban J connectivity index is 1.29. The molecule has 3 fully saturated rings. The van der Waals surface area contributed by atoms with Crippen LogP contribution in [-0.2, 0) is 4.74 Å². The zero-order valence-corrected chi connectivity index (χ0v) is 14.9. The van der Waals surface area contributed by atoms with Gasteiger partial charge in [-0.05, 0) is 25.0 Å². The molecular formula is C20H22N4O3. The molecule has 4 heterocycles. The Morgan fingerprint density at radius 1 is 1.30 bits per heavy atom. The number of likely N-dealkylation sites (tertiary alicyclic amines) is 1. The number of aliphatic hydroxyl groups is 1. The van der Waals surface area contributed by atoms with E-state index in [4.69, 9.17) is 4.74 Å². The van der Waals surface area contributed by atoms with E-state index in [2.05, 4.69) is 15.3 Å². The van der Waals surface area contributed by atoms with Crippen LogP contribution in [0.4, 0.5) is 11.6 Å². The Bertz CT molecular complexity index is 844. The van der Waals surface area contributed by atoms with Crippen molar-refractivity contribution in [2.24, 2.45) is 11.8 Å². The second-order valence-electron chi connectivity index (χ2n) is 7.68. The summed E-state index contributed by atoms with van der Waals surface area (Å²) < 4.78 is 6.19. The fourth-order valence-corrected chi connectivity index (χ4v) is 4.93. The van der Waals surface area contributed by atoms with E-state index in [1.807, 2.05) is 35.2 Å². The largest absolute Gasteiger partial charge is 0.396 e. The fraction of sp³-hybridized carbons (Fsp3) is 0.450. The van der Waals surface area contributed by atoms with Gasteiger partial charge < -0.3 is 20.1 Å². The van der Waals surface area contributed by atoms with Gasteiger partial charge in [-0.15, -0.1) is 0 Å². The van der Waals surface area contributed by atoms with Gasteiger partial charge in [0.25, 0.3) is 5.91 Å². The van der Waals surface area contributed by atoms with Crippen LogP contribution in [0.5, 0.6) is 0 Å². The standard InChI is InChI=1S/C20H22N4O3/c25-11-15-16-10-24(12-20(16)7-6-17(15)27-20)18(26)13-8-21-19(22-9-13)23-14-4-2-1-3-5-14/h1-5,8-9,15-17,25H,6-7,10-12H2,(H,21,22,23)/t15-,16+,17+,20+/m1/s1. The van der Waals surface area contributed by atoms with E-state index < -0.39 is 0 Å². The summed E-state index contributed by atoms with van der Waals surface area (Å²) in [5.74, 6) is 0.751. The summed E-state index contributed by atoms with van der Waals surface area (Å²) in [6.45, 7) is 1.35. The van der Waals surface area contributed by atoms with Gasteiger partial charge >= 0.3 is 0 Å². The summed E-state index contributed by atoms with van der Waals surface area (Å²) in [5, 5.41) is 12.8. The Labute approximate surface area is 157 Å². The number of anilines is 2. The van der Waals surface area contributed by atoms with Gasteiger partial charge in [0, 0.05) is 43.1 Å². The van der Waals surface area contributed by atoms with Gasteiger partial charge in [0.05, 0.1) is 23.8 Å². The minimum Gasteiger partial charge on any atom is -0.396 e. The number of fused-ring (bicyclic) bond motifs is 1. The van der Waals surface area contributed by atoms with Gasteiger partial charge in [-0.3, -0.25) is 4.79 Å². The first-order valence-electron chi connectivity index (χ1n) is 9.41. The number of nitrogens with zero attached hydrogens (tertiary/aromatic N) is 3. The van der Waals surface area contributed by atoms with Crippen LogP contribution in [-0.4, -0.2) is 57.3 Å². The van der Waals surface area contributed by atoms with E-state index in [0.29, 0.717) is 24.6 Å². The molecule has 0 unspecified atom stereocenters. The number of para-hydroxylation sites is 1. The Hall–Kier alpha value is -2.51. The van der Waals surface area contributed by atoms with Crippen molar-refractivity contribution in [3.8, 4) is 0 Å². The zero-order valence-electron chi connectivity index (χ0n) is 14.9. The maximum atomic E-state index is 12.9. The topological polar surface area (TPSA) is 87.6 Å². The number of hydrogen-bond donors (Lipinski definition) is 2. The molecule has 0 aliphatic carbocycles. The van der Waals surface area contributed by atoms with Crippen molar-refractivity contribution in [3.63, 3.8) is 0 Å². The van der Waals surface area contributed by atoms with Crippen molar-refractivity contribution in [2.45, 2.75) is 24.5 Å². The van der Waals surface area contributed by atoms with Gasteiger partial charge in [-0.1, -0.05) is 18.2 Å². The van der Waals surface area contributed by atoms with Crippen molar-refractivity contribution in [1.29, 1.82) is 0 Å². The van der Waals surface area contributed by atoms with Crippen LogP contribution in [0.1, 0.15) is 23.2 Å². The first-order valence-corrected chi connectivity index (χ1v) is 9.41. The lowest BCUT2D eigenvalue weighted by molar-refractivity contribution is 0.00153. The molecule has 0 saturated carbocycles. The van der Waals surface area contributed by atoms with Gasteiger partial charge in [0.2, 0.25) is 5.95 Å². The molecule has 4 atom stereocenters. The molecule has 1 spiro atoms. The molecule has 2 aromatic rings. The molecular weight excluding hydrogens is 344 g/mol. The average Bonchev–Trinajstić information content (AvgIpc) is 3.36. The van der Waals surface area contributed by atoms with Gasteiger partial charge in [0.15, 0.2) is 0 Å². The minimum absolute atomic E-state index is 0.0752. The molecule has 2 N–H and O–H groups in total. The molecule has 3 aliphatic heterocycles. The van der Waals surface area contributed by atoms with Crippen LogP contribution in [0.2, 0.25) is 0 Å². The molecule has 3 aliphatic rings. The third-order valence-corrected chi connectivity index (χ3v) is 6.21. The quantitative estimate of drug-likeness (QED) is 0.858. The summed E-state index contributed by atoms with van der Waals surface area (Å²) in [6.07, 6.45) is 5.23. The summed E-state index contributed by atoms with van der Waals surface area (Å²) in [5.41, 5.74) is 1.11. The average molecular weight is 366 g/mol. The van der Waals surface area contributed by atoms with E-state index >= 15 is 0 Å². The highest BCUT2D eigenvalue weighted by Crippen LogP contribution is 2.54. The molecule has 140 valence electrons. The SMILES string of the molecule is O=C(c1cnc(Nc2ccccc2)nc1)N1C[C@H]2[C@@H](CO)[C@@H]3CC[C@@]2(C1)O3. The van der Waals surface area contributed by atoms with Gasteiger partial charge in [-0.25, -0.2) is 9.97 Å². The van der Waals surface area contributed by atoms with Gasteiger partial charge in [0.1, 0.15) is 0 Å². The molecule has 27 heavy (non-hydrogen) atoms. The molecule has 7 nitrogen and oxygen atoms in total. The van der Waals surface area contributed by atoms with Gasteiger partial charge in [-0.2, -0.15) is 0 Å². The summed E-state index contributed by atoms with van der Waals surface area (Å²) >= 11 is 0. The fourth-order valence-electron chi connectivity index (χ4n) is 4.93. The van der Waals surface area contributed by atoms with Crippen molar-refractivity contribution in [1.82, 2.24) is 14.9 Å². The monoisotopic (exact) mass is 366 g/mol. The Morgan fingerprint density at radius 3 is 2.81 bits per heavy atom. The van der Waals surface area contributed by atoms with Crippen LogP contribution in [0.3, 0.4) is 0 Å². The Morgan fingerprint density at radius 2 is 2.07 bits per heavy atom. The Kier molecular flexibility index (Phi) is 3.87. The lowest BCUT2D eigenvalue weighted by Gasteiger charge is -2.27. The number of aromatic nitrogens is 2. The van der Waals surface area contributed by atoms with E-state index in [0.717, 1.165) is 18.5 Å². The molecule has 1 aromatic carbocycles. The second kappa shape index (κ2) is 6.28. The van der Waals surface area contributed by atoms with Crippen LogP contribution < -0.4 is 5.32 Å². The maximum absolute atomic E-state index is 12.9. The number of rotatable bonds is 4. The van der Waals surface area contributed by atoms with E-state index in [1.165, 1.54) is 0 Å². The van der Waals surface area contributed by atoms with Crippen molar-refractivity contribution < 1.29 is 14.6 Å². The first kappa shape index (κ1) is 16.6. The van der Waals surface area contributed by atoms with Crippen LogP contribution in [0, 0.1) is 11.8 Å². The van der Waals surface area contributed by atoms with E-state index in [9.17, 15) is 9.90 Å². The summed E-state index contributed by atoms with van der Waals surface area (Å²) in [7, 11) is 0. The number of aliphatic hydroxyl groups excluding tert-OH is 1. The van der Waals surface area contributed by atoms with Crippen LogP contribution >= 0.6 is 0 Å². The smallest absolute Gasteiger partial charge is 0.257 e. The normalized spacial score (nSPS) is 31.1. The number of ether oxygens (including phenoxy) is 1. The zero-order chi connectivity index (χ0) is 18.4. The van der Waals surface area contributed by atoms with E-state index in [1.54, 1.807) is 12.4 Å². The number of amides is 1. The maximum Gasteiger partial charge on any atom is 0.257 e. The minimum atomic E-state index is -0.261. The van der Waals surface area contributed by atoms with Crippen LogP contribution in [0.15, 0.2) is 42.7 Å². The first-order chi connectivity index (χ1) is 13.2. The number of hydrogen-bond acceptors (Lipinski definition) is 6.